The zero-order valence-corrected chi connectivity index (χ0v) is 12.2. The van der Waals surface area contributed by atoms with Crippen molar-refractivity contribution >= 4 is 17.1 Å². The zero-order chi connectivity index (χ0) is 15.2. The van der Waals surface area contributed by atoms with Crippen LogP contribution in [0.4, 0.5) is 0 Å². The second kappa shape index (κ2) is 4.60. The number of hydrogen-bond acceptors (Lipinski definition) is 3. The van der Waals surface area contributed by atoms with Gasteiger partial charge >= 0.3 is 0 Å². The van der Waals surface area contributed by atoms with E-state index in [0.29, 0.717) is 5.57 Å². The number of carbonyl (C=O) groups is 1. The predicted octanol–water partition coefficient (Wildman–Crippen LogP) is 3.87. The third-order valence-electron chi connectivity index (χ3n) is 4.29. The number of allylic oxidation sites excluding steroid dienone is 2. The second-order valence-electron chi connectivity index (χ2n) is 5.65. The van der Waals surface area contributed by atoms with Gasteiger partial charge in [-0.2, -0.15) is 0 Å². The standard InChI is InChI=1S/C19H15NO2/c1-19-10-5-6-11-20(19)17(14-7-3-2-4-8-14)16(18(19)21)15-9-12-22-13-15/h2-13H,1H3. The Labute approximate surface area is 128 Å². The molecule has 3 heteroatoms. The molecule has 1 unspecified atom stereocenters. The third-order valence-corrected chi connectivity index (χ3v) is 4.29. The van der Waals surface area contributed by atoms with Gasteiger partial charge in [0.25, 0.3) is 0 Å². The van der Waals surface area contributed by atoms with Crippen LogP contribution in [0.5, 0.6) is 0 Å². The number of Topliss-reactive ketones (excluding diaryl/α,β-unsaturated/α-hetero) is 1. The van der Waals surface area contributed by atoms with Gasteiger partial charge in [0, 0.05) is 11.8 Å². The van der Waals surface area contributed by atoms with Crippen molar-refractivity contribution in [2.75, 3.05) is 0 Å². The van der Waals surface area contributed by atoms with Gasteiger partial charge in [-0.15, -0.1) is 0 Å². The van der Waals surface area contributed by atoms with E-state index in [0.717, 1.165) is 16.8 Å². The minimum absolute atomic E-state index is 0.0911. The number of carbonyl (C=O) groups excluding carboxylic acids is 1. The fourth-order valence-corrected chi connectivity index (χ4v) is 3.14. The lowest BCUT2D eigenvalue weighted by Crippen LogP contribution is -2.43. The molecular weight excluding hydrogens is 274 g/mol. The number of benzene rings is 1. The molecule has 3 nitrogen and oxygen atoms in total. The van der Waals surface area contributed by atoms with Crippen LogP contribution in [0.3, 0.4) is 0 Å². The molecule has 0 aliphatic carbocycles. The first-order chi connectivity index (χ1) is 10.7. The molecule has 0 spiro atoms. The Balaban J connectivity index is 2.01. The molecule has 22 heavy (non-hydrogen) atoms. The Bertz CT molecular complexity index is 812. The summed E-state index contributed by atoms with van der Waals surface area (Å²) in [6.45, 7) is 1.95. The van der Waals surface area contributed by atoms with Crippen LogP contribution in [0.15, 0.2) is 77.8 Å². The summed E-state index contributed by atoms with van der Waals surface area (Å²) in [5, 5.41) is 0. The molecule has 0 saturated heterocycles. The zero-order valence-electron chi connectivity index (χ0n) is 12.2. The molecule has 108 valence electrons. The van der Waals surface area contributed by atoms with Crippen LogP contribution < -0.4 is 0 Å². The Morgan fingerprint density at radius 2 is 1.86 bits per heavy atom. The highest BCUT2D eigenvalue weighted by molar-refractivity contribution is 6.35. The van der Waals surface area contributed by atoms with Crippen molar-refractivity contribution in [2.24, 2.45) is 0 Å². The lowest BCUT2D eigenvalue weighted by atomic mass is 9.90. The molecule has 1 aromatic heterocycles. The molecule has 4 rings (SSSR count). The van der Waals surface area contributed by atoms with Gasteiger partial charge in [-0.05, 0) is 24.6 Å². The summed E-state index contributed by atoms with van der Waals surface area (Å²) in [4.78, 5) is 15.2. The highest BCUT2D eigenvalue weighted by Crippen LogP contribution is 2.45. The molecule has 0 N–H and O–H groups in total. The first-order valence-corrected chi connectivity index (χ1v) is 7.24. The molecule has 0 amide bonds. The number of nitrogens with zero attached hydrogens (tertiary/aromatic N) is 1. The largest absolute Gasteiger partial charge is 0.472 e. The summed E-state index contributed by atoms with van der Waals surface area (Å²) in [6, 6.07) is 11.8. The Hall–Kier alpha value is -2.81. The minimum atomic E-state index is -0.674. The van der Waals surface area contributed by atoms with Gasteiger partial charge in [-0.1, -0.05) is 42.5 Å². The third kappa shape index (κ3) is 1.65. The lowest BCUT2D eigenvalue weighted by molar-refractivity contribution is -0.118. The summed E-state index contributed by atoms with van der Waals surface area (Å²) >= 11 is 0. The van der Waals surface area contributed by atoms with Gasteiger partial charge in [-0.3, -0.25) is 4.79 Å². The fourth-order valence-electron chi connectivity index (χ4n) is 3.14. The molecule has 0 bridgehead atoms. The molecule has 2 aliphatic rings. The molecule has 1 atom stereocenters. The average Bonchev–Trinajstić information content (AvgIpc) is 3.14. The molecule has 0 saturated carbocycles. The summed E-state index contributed by atoms with van der Waals surface area (Å²) in [6.07, 6.45) is 11.0. The van der Waals surface area contributed by atoms with Crippen LogP contribution in [0, 0.1) is 0 Å². The Kier molecular flexibility index (Phi) is 2.70. The molecule has 1 aromatic carbocycles. The van der Waals surface area contributed by atoms with E-state index in [1.807, 2.05) is 72.6 Å². The van der Waals surface area contributed by atoms with E-state index in [4.69, 9.17) is 4.42 Å². The summed E-state index contributed by atoms with van der Waals surface area (Å²) in [7, 11) is 0. The SMILES string of the molecule is CC12C=CC=CN1C(c1ccccc1)=C(c1ccoc1)C2=O. The van der Waals surface area contributed by atoms with E-state index >= 15 is 0 Å². The van der Waals surface area contributed by atoms with Crippen molar-refractivity contribution < 1.29 is 9.21 Å². The molecule has 2 aromatic rings. The van der Waals surface area contributed by atoms with E-state index in [2.05, 4.69) is 0 Å². The summed E-state index contributed by atoms with van der Waals surface area (Å²) in [5.74, 6) is 0.0911. The topological polar surface area (TPSA) is 33.5 Å². The smallest absolute Gasteiger partial charge is 0.195 e. The van der Waals surface area contributed by atoms with Crippen molar-refractivity contribution in [2.45, 2.75) is 12.5 Å². The van der Waals surface area contributed by atoms with Crippen molar-refractivity contribution in [1.82, 2.24) is 4.90 Å². The van der Waals surface area contributed by atoms with Crippen molar-refractivity contribution in [3.63, 3.8) is 0 Å². The maximum atomic E-state index is 13.1. The van der Waals surface area contributed by atoms with Gasteiger partial charge < -0.3 is 9.32 Å². The van der Waals surface area contributed by atoms with Crippen molar-refractivity contribution in [3.05, 3.63) is 84.5 Å². The van der Waals surface area contributed by atoms with E-state index in [-0.39, 0.29) is 5.78 Å². The average molecular weight is 289 g/mol. The van der Waals surface area contributed by atoms with Gasteiger partial charge in [0.1, 0.15) is 5.54 Å². The van der Waals surface area contributed by atoms with Gasteiger partial charge in [0.15, 0.2) is 5.78 Å². The maximum absolute atomic E-state index is 13.1. The molecule has 0 radical (unpaired) electrons. The molecule has 3 heterocycles. The van der Waals surface area contributed by atoms with Crippen molar-refractivity contribution in [3.8, 4) is 0 Å². The summed E-state index contributed by atoms with van der Waals surface area (Å²) in [5.41, 5.74) is 2.80. The van der Waals surface area contributed by atoms with Crippen LogP contribution in [-0.2, 0) is 4.79 Å². The number of fused-ring (bicyclic) bond motifs is 1. The highest BCUT2D eigenvalue weighted by atomic mass is 16.3. The normalized spacial score (nSPS) is 23.3. The highest BCUT2D eigenvalue weighted by Gasteiger charge is 2.48. The number of furan rings is 1. The van der Waals surface area contributed by atoms with Crippen LogP contribution in [0.2, 0.25) is 0 Å². The minimum Gasteiger partial charge on any atom is -0.472 e. The van der Waals surface area contributed by atoms with Crippen LogP contribution in [0.1, 0.15) is 18.1 Å². The summed E-state index contributed by atoms with van der Waals surface area (Å²) < 4.78 is 5.20. The van der Waals surface area contributed by atoms with Crippen LogP contribution in [-0.4, -0.2) is 16.2 Å². The van der Waals surface area contributed by atoms with E-state index in [9.17, 15) is 4.79 Å². The molecule has 0 fully saturated rings. The van der Waals surface area contributed by atoms with Gasteiger partial charge in [-0.25, -0.2) is 0 Å². The first kappa shape index (κ1) is 12.9. The maximum Gasteiger partial charge on any atom is 0.195 e. The first-order valence-electron chi connectivity index (χ1n) is 7.24. The monoisotopic (exact) mass is 289 g/mol. The van der Waals surface area contributed by atoms with E-state index < -0.39 is 5.54 Å². The lowest BCUT2D eigenvalue weighted by Gasteiger charge is -2.34. The quantitative estimate of drug-likeness (QED) is 0.841. The van der Waals surface area contributed by atoms with E-state index in [1.54, 1.807) is 12.5 Å². The molecular formula is C19H15NO2. The molecule has 2 aliphatic heterocycles. The van der Waals surface area contributed by atoms with Crippen LogP contribution >= 0.6 is 0 Å². The van der Waals surface area contributed by atoms with Crippen molar-refractivity contribution in [1.29, 1.82) is 0 Å². The van der Waals surface area contributed by atoms with Gasteiger partial charge in [0.2, 0.25) is 0 Å². The Morgan fingerprint density at radius 1 is 1.05 bits per heavy atom. The number of hydrogen-bond donors (Lipinski definition) is 0. The number of rotatable bonds is 2. The van der Waals surface area contributed by atoms with E-state index in [1.165, 1.54) is 0 Å². The fraction of sp³-hybridized carbons (Fsp3) is 0.105. The second-order valence-corrected chi connectivity index (χ2v) is 5.65. The number of ketones is 1. The predicted molar refractivity (Wildman–Crippen MR) is 85.5 cm³/mol. The van der Waals surface area contributed by atoms with Gasteiger partial charge in [0.05, 0.1) is 23.8 Å². The van der Waals surface area contributed by atoms with Crippen LogP contribution in [0.25, 0.3) is 11.3 Å². The Morgan fingerprint density at radius 3 is 2.59 bits per heavy atom.